The number of aromatic nitrogens is 2. The van der Waals surface area contributed by atoms with Crippen LogP contribution in [-0.2, 0) is 0 Å². The molecule has 3 rings (SSSR count). The third-order valence-electron chi connectivity index (χ3n) is 3.04. The van der Waals surface area contributed by atoms with Gasteiger partial charge < -0.3 is 5.73 Å². The van der Waals surface area contributed by atoms with Crippen LogP contribution in [0.15, 0.2) is 48.7 Å². The van der Waals surface area contributed by atoms with E-state index in [9.17, 15) is 0 Å². The van der Waals surface area contributed by atoms with Crippen LogP contribution in [0.25, 0.3) is 22.0 Å². The predicted octanol–water partition coefficient (Wildman–Crippen LogP) is 3.19. The molecule has 0 aliphatic heterocycles. The Hall–Kier alpha value is -2.42. The smallest absolute Gasteiger partial charge is 0.149 e. The molecule has 0 spiro atoms. The van der Waals surface area contributed by atoms with Crippen LogP contribution in [-0.4, -0.2) is 9.97 Å². The Morgan fingerprint density at radius 2 is 1.83 bits per heavy atom. The Kier molecular flexibility index (Phi) is 2.45. The van der Waals surface area contributed by atoms with Crippen LogP contribution in [0.5, 0.6) is 0 Å². The SMILES string of the molecule is Cc1nc2c(N)nccc2cc1-c1ccccc1. The van der Waals surface area contributed by atoms with Gasteiger partial charge in [-0.1, -0.05) is 30.3 Å². The summed E-state index contributed by atoms with van der Waals surface area (Å²) in [5, 5.41) is 1.02. The quantitative estimate of drug-likeness (QED) is 0.704. The lowest BCUT2D eigenvalue weighted by Crippen LogP contribution is -1.96. The normalized spacial score (nSPS) is 10.7. The fourth-order valence-corrected chi connectivity index (χ4v) is 2.12. The third kappa shape index (κ3) is 1.70. The molecule has 0 saturated heterocycles. The first-order valence-electron chi connectivity index (χ1n) is 5.83. The van der Waals surface area contributed by atoms with Crippen molar-refractivity contribution in [3.63, 3.8) is 0 Å². The molecule has 0 aliphatic rings. The molecule has 0 aliphatic carbocycles. The molecule has 0 saturated carbocycles. The molecule has 2 N–H and O–H groups in total. The van der Waals surface area contributed by atoms with Crippen molar-refractivity contribution in [1.29, 1.82) is 0 Å². The molecule has 0 fully saturated rings. The number of rotatable bonds is 1. The lowest BCUT2D eigenvalue weighted by Gasteiger charge is -2.08. The predicted molar refractivity (Wildman–Crippen MR) is 74.1 cm³/mol. The monoisotopic (exact) mass is 235 g/mol. The zero-order valence-corrected chi connectivity index (χ0v) is 10.1. The van der Waals surface area contributed by atoms with Crippen molar-refractivity contribution >= 4 is 16.7 Å². The van der Waals surface area contributed by atoms with Crippen LogP contribution >= 0.6 is 0 Å². The standard InChI is InChI=1S/C15H13N3/c1-10-13(11-5-3-2-4-6-11)9-12-7-8-17-15(16)14(12)18-10/h2-9H,1H3,(H2,16,17). The molecule has 0 bridgehead atoms. The van der Waals surface area contributed by atoms with Crippen LogP contribution in [0.2, 0.25) is 0 Å². The molecular formula is C15H13N3. The topological polar surface area (TPSA) is 51.8 Å². The van der Waals surface area contributed by atoms with Gasteiger partial charge in [-0.05, 0) is 24.6 Å². The number of pyridine rings is 2. The highest BCUT2D eigenvalue weighted by Crippen LogP contribution is 2.27. The fraction of sp³-hybridized carbons (Fsp3) is 0.0667. The van der Waals surface area contributed by atoms with Gasteiger partial charge in [0.2, 0.25) is 0 Å². The van der Waals surface area contributed by atoms with Gasteiger partial charge in [-0.3, -0.25) is 0 Å². The minimum absolute atomic E-state index is 0.482. The number of hydrogen-bond acceptors (Lipinski definition) is 3. The van der Waals surface area contributed by atoms with E-state index < -0.39 is 0 Å². The summed E-state index contributed by atoms with van der Waals surface area (Å²) in [7, 11) is 0. The molecule has 0 radical (unpaired) electrons. The van der Waals surface area contributed by atoms with Crippen LogP contribution in [0.1, 0.15) is 5.69 Å². The Bertz CT molecular complexity index is 706. The highest BCUT2D eigenvalue weighted by molar-refractivity contribution is 5.90. The minimum Gasteiger partial charge on any atom is -0.382 e. The Balaban J connectivity index is 2.29. The van der Waals surface area contributed by atoms with Gasteiger partial charge in [-0.15, -0.1) is 0 Å². The van der Waals surface area contributed by atoms with Crippen molar-refractivity contribution in [1.82, 2.24) is 9.97 Å². The van der Waals surface area contributed by atoms with Gasteiger partial charge >= 0.3 is 0 Å². The number of fused-ring (bicyclic) bond motifs is 1. The van der Waals surface area contributed by atoms with Crippen molar-refractivity contribution < 1.29 is 0 Å². The van der Waals surface area contributed by atoms with Crippen LogP contribution in [0.4, 0.5) is 5.82 Å². The molecule has 3 nitrogen and oxygen atoms in total. The van der Waals surface area contributed by atoms with Crippen LogP contribution in [0, 0.1) is 6.92 Å². The zero-order valence-electron chi connectivity index (χ0n) is 10.1. The number of benzene rings is 1. The van der Waals surface area contributed by atoms with Crippen molar-refractivity contribution in [2.75, 3.05) is 5.73 Å². The molecule has 0 atom stereocenters. The summed E-state index contributed by atoms with van der Waals surface area (Å²) >= 11 is 0. The maximum absolute atomic E-state index is 5.84. The first kappa shape index (κ1) is 10.7. The van der Waals surface area contributed by atoms with Gasteiger partial charge in [-0.2, -0.15) is 0 Å². The second-order valence-electron chi connectivity index (χ2n) is 4.26. The van der Waals surface area contributed by atoms with Gasteiger partial charge in [0.25, 0.3) is 0 Å². The van der Waals surface area contributed by atoms with Crippen molar-refractivity contribution in [2.24, 2.45) is 0 Å². The summed E-state index contributed by atoms with van der Waals surface area (Å²) in [5.74, 6) is 0.482. The average Bonchev–Trinajstić information content (AvgIpc) is 2.40. The Morgan fingerprint density at radius 3 is 2.61 bits per heavy atom. The second-order valence-corrected chi connectivity index (χ2v) is 4.26. The summed E-state index contributed by atoms with van der Waals surface area (Å²) in [5.41, 5.74) is 9.88. The average molecular weight is 235 g/mol. The van der Waals surface area contributed by atoms with E-state index in [4.69, 9.17) is 5.73 Å². The largest absolute Gasteiger partial charge is 0.382 e. The van der Waals surface area contributed by atoms with E-state index in [2.05, 4.69) is 28.2 Å². The molecule has 3 aromatic rings. The maximum Gasteiger partial charge on any atom is 0.149 e. The highest BCUT2D eigenvalue weighted by atomic mass is 14.9. The van der Waals surface area contributed by atoms with E-state index in [-0.39, 0.29) is 0 Å². The summed E-state index contributed by atoms with van der Waals surface area (Å²) < 4.78 is 0. The van der Waals surface area contributed by atoms with E-state index in [1.165, 1.54) is 5.56 Å². The van der Waals surface area contributed by atoms with Crippen LogP contribution < -0.4 is 5.73 Å². The second kappa shape index (κ2) is 4.11. The van der Waals surface area contributed by atoms with E-state index >= 15 is 0 Å². The van der Waals surface area contributed by atoms with Crippen molar-refractivity contribution in [3.8, 4) is 11.1 Å². The summed E-state index contributed by atoms with van der Waals surface area (Å²) in [6, 6.07) is 14.3. The third-order valence-corrected chi connectivity index (χ3v) is 3.04. The lowest BCUT2D eigenvalue weighted by atomic mass is 10.0. The number of aryl methyl sites for hydroxylation is 1. The first-order chi connectivity index (χ1) is 8.75. The molecule has 3 heteroatoms. The number of nitrogen functional groups attached to an aromatic ring is 1. The molecule has 2 aromatic heterocycles. The van der Waals surface area contributed by atoms with E-state index in [1.54, 1.807) is 6.20 Å². The van der Waals surface area contributed by atoms with E-state index in [1.807, 2.05) is 31.2 Å². The molecule has 0 amide bonds. The molecule has 1 aromatic carbocycles. The van der Waals surface area contributed by atoms with Crippen molar-refractivity contribution in [2.45, 2.75) is 6.92 Å². The molecule has 0 unspecified atom stereocenters. The molecular weight excluding hydrogens is 222 g/mol. The minimum atomic E-state index is 0.482. The zero-order chi connectivity index (χ0) is 12.5. The summed E-state index contributed by atoms with van der Waals surface area (Å²) in [6.45, 7) is 1.99. The van der Waals surface area contributed by atoms with Gasteiger partial charge in [0.15, 0.2) is 0 Å². The lowest BCUT2D eigenvalue weighted by molar-refractivity contribution is 1.24. The van der Waals surface area contributed by atoms with Crippen molar-refractivity contribution in [3.05, 3.63) is 54.4 Å². The van der Waals surface area contributed by atoms with Gasteiger partial charge in [0, 0.05) is 22.8 Å². The molecule has 88 valence electrons. The van der Waals surface area contributed by atoms with Gasteiger partial charge in [-0.25, -0.2) is 9.97 Å². The number of hydrogen-bond donors (Lipinski definition) is 1. The summed E-state index contributed by atoms with van der Waals surface area (Å²) in [6.07, 6.45) is 1.71. The number of anilines is 1. The summed E-state index contributed by atoms with van der Waals surface area (Å²) in [4.78, 5) is 8.63. The van der Waals surface area contributed by atoms with Gasteiger partial charge in [0.1, 0.15) is 11.3 Å². The van der Waals surface area contributed by atoms with Crippen LogP contribution in [0.3, 0.4) is 0 Å². The van der Waals surface area contributed by atoms with E-state index in [0.717, 1.165) is 22.2 Å². The Labute approximate surface area is 105 Å². The highest BCUT2D eigenvalue weighted by Gasteiger charge is 2.07. The van der Waals surface area contributed by atoms with Gasteiger partial charge in [0.05, 0.1) is 0 Å². The molecule has 2 heterocycles. The Morgan fingerprint density at radius 1 is 1.06 bits per heavy atom. The number of nitrogens with two attached hydrogens (primary N) is 1. The fourth-order valence-electron chi connectivity index (χ4n) is 2.12. The first-order valence-corrected chi connectivity index (χ1v) is 5.83. The maximum atomic E-state index is 5.84. The number of nitrogens with zero attached hydrogens (tertiary/aromatic N) is 2. The van der Waals surface area contributed by atoms with E-state index in [0.29, 0.717) is 5.82 Å². The molecule has 18 heavy (non-hydrogen) atoms.